The van der Waals surface area contributed by atoms with Crippen LogP contribution in [0.1, 0.15) is 88.8 Å². The van der Waals surface area contributed by atoms with Gasteiger partial charge in [-0.2, -0.15) is 10.2 Å². The maximum Gasteiger partial charge on any atom is 0.229 e. The Morgan fingerprint density at radius 1 is 1.35 bits per heavy atom. The Balaban J connectivity index is 1.88. The van der Waals surface area contributed by atoms with E-state index in [1.807, 2.05) is 6.92 Å². The maximum atomic E-state index is 8.62. The average molecular weight is 275 g/mol. The molecule has 1 aromatic heterocycles. The van der Waals surface area contributed by atoms with E-state index >= 15 is 0 Å². The first kappa shape index (κ1) is 15.0. The Bertz CT molecular complexity index is 441. The van der Waals surface area contributed by atoms with Crippen LogP contribution in [0.3, 0.4) is 0 Å². The minimum atomic E-state index is 0.187. The first-order valence-corrected chi connectivity index (χ1v) is 7.95. The summed E-state index contributed by atoms with van der Waals surface area (Å²) in [6.45, 7) is 4.31. The van der Waals surface area contributed by atoms with Crippen LogP contribution < -0.4 is 0 Å². The van der Waals surface area contributed by atoms with E-state index in [0.29, 0.717) is 18.2 Å². The summed E-state index contributed by atoms with van der Waals surface area (Å²) in [6, 6.07) is 2.17. The molecule has 110 valence electrons. The lowest BCUT2D eigenvalue weighted by atomic mass is 9.80. The molecular formula is C16H25N3O. The number of aromatic nitrogens is 2. The molecule has 2 rings (SSSR count). The van der Waals surface area contributed by atoms with Crippen LogP contribution in [0.15, 0.2) is 4.52 Å². The van der Waals surface area contributed by atoms with Crippen molar-refractivity contribution in [2.45, 2.75) is 77.0 Å². The Morgan fingerprint density at radius 2 is 2.10 bits per heavy atom. The summed E-state index contributed by atoms with van der Waals surface area (Å²) in [5.74, 6) is 3.15. The summed E-state index contributed by atoms with van der Waals surface area (Å²) in [7, 11) is 0. The zero-order valence-electron chi connectivity index (χ0n) is 12.6. The molecule has 0 aromatic carbocycles. The van der Waals surface area contributed by atoms with Crippen molar-refractivity contribution in [2.24, 2.45) is 5.92 Å². The van der Waals surface area contributed by atoms with Crippen molar-refractivity contribution in [1.29, 1.82) is 5.26 Å². The van der Waals surface area contributed by atoms with E-state index in [1.165, 1.54) is 38.5 Å². The molecule has 0 radical (unpaired) electrons. The molecule has 1 aliphatic carbocycles. The molecule has 1 saturated carbocycles. The van der Waals surface area contributed by atoms with Crippen molar-refractivity contribution >= 4 is 0 Å². The number of hydrogen-bond acceptors (Lipinski definition) is 4. The quantitative estimate of drug-likeness (QED) is 0.764. The summed E-state index contributed by atoms with van der Waals surface area (Å²) >= 11 is 0. The van der Waals surface area contributed by atoms with Crippen LogP contribution in [0.5, 0.6) is 0 Å². The molecule has 1 fully saturated rings. The number of rotatable bonds is 6. The smallest absolute Gasteiger partial charge is 0.229 e. The fraction of sp³-hybridized carbons (Fsp3) is 0.812. The van der Waals surface area contributed by atoms with Crippen molar-refractivity contribution in [3.63, 3.8) is 0 Å². The number of nitrogens with zero attached hydrogens (tertiary/aromatic N) is 3. The standard InChI is InChI=1S/C16H25N3O/c1-3-5-13-7-9-14(10-8-13)15-18-16(20-19-15)12(2)6-4-11-17/h12-14H,3-10H2,1-2H3. The van der Waals surface area contributed by atoms with Gasteiger partial charge < -0.3 is 4.52 Å². The second kappa shape index (κ2) is 7.42. The van der Waals surface area contributed by atoms with Gasteiger partial charge in [-0.3, -0.25) is 0 Å². The zero-order chi connectivity index (χ0) is 14.4. The summed E-state index contributed by atoms with van der Waals surface area (Å²) in [4.78, 5) is 4.57. The molecule has 0 bridgehead atoms. The third-order valence-electron chi connectivity index (χ3n) is 4.48. The predicted molar refractivity (Wildman–Crippen MR) is 77.2 cm³/mol. The topological polar surface area (TPSA) is 62.7 Å². The molecule has 1 heterocycles. The molecule has 1 atom stereocenters. The van der Waals surface area contributed by atoms with Crippen LogP contribution in [0.4, 0.5) is 0 Å². The molecule has 0 aliphatic heterocycles. The van der Waals surface area contributed by atoms with Gasteiger partial charge in [0.2, 0.25) is 5.89 Å². The average Bonchev–Trinajstić information content (AvgIpc) is 2.96. The van der Waals surface area contributed by atoms with E-state index in [2.05, 4.69) is 23.1 Å². The molecule has 1 aromatic rings. The van der Waals surface area contributed by atoms with E-state index in [0.717, 1.165) is 18.2 Å². The summed E-state index contributed by atoms with van der Waals surface area (Å²) in [5, 5.41) is 12.8. The molecule has 0 N–H and O–H groups in total. The summed E-state index contributed by atoms with van der Waals surface area (Å²) in [5.41, 5.74) is 0. The molecule has 4 heteroatoms. The van der Waals surface area contributed by atoms with E-state index in [-0.39, 0.29) is 5.92 Å². The lowest BCUT2D eigenvalue weighted by Crippen LogP contribution is -2.14. The minimum Gasteiger partial charge on any atom is -0.339 e. The Morgan fingerprint density at radius 3 is 2.75 bits per heavy atom. The van der Waals surface area contributed by atoms with Crippen molar-refractivity contribution in [2.75, 3.05) is 0 Å². The molecule has 0 saturated heterocycles. The van der Waals surface area contributed by atoms with Gasteiger partial charge in [-0.05, 0) is 38.0 Å². The van der Waals surface area contributed by atoms with Gasteiger partial charge in [-0.25, -0.2) is 0 Å². The van der Waals surface area contributed by atoms with Crippen LogP contribution in [0, 0.1) is 17.2 Å². The van der Waals surface area contributed by atoms with Crippen molar-refractivity contribution in [1.82, 2.24) is 10.1 Å². The van der Waals surface area contributed by atoms with Gasteiger partial charge in [0.05, 0.1) is 6.07 Å². The van der Waals surface area contributed by atoms with Crippen LogP contribution in [0.25, 0.3) is 0 Å². The minimum absolute atomic E-state index is 0.187. The largest absolute Gasteiger partial charge is 0.339 e. The second-order valence-electron chi connectivity index (χ2n) is 6.09. The van der Waals surface area contributed by atoms with Gasteiger partial charge in [-0.15, -0.1) is 0 Å². The van der Waals surface area contributed by atoms with Crippen LogP contribution >= 0.6 is 0 Å². The Hall–Kier alpha value is -1.37. The van der Waals surface area contributed by atoms with Crippen LogP contribution in [0.2, 0.25) is 0 Å². The zero-order valence-corrected chi connectivity index (χ0v) is 12.6. The maximum absolute atomic E-state index is 8.62. The highest BCUT2D eigenvalue weighted by Crippen LogP contribution is 2.36. The lowest BCUT2D eigenvalue weighted by molar-refractivity contribution is 0.293. The van der Waals surface area contributed by atoms with Crippen LogP contribution in [-0.4, -0.2) is 10.1 Å². The monoisotopic (exact) mass is 275 g/mol. The van der Waals surface area contributed by atoms with Gasteiger partial charge in [-0.1, -0.05) is 31.8 Å². The van der Waals surface area contributed by atoms with E-state index in [1.54, 1.807) is 0 Å². The normalized spacial score (nSPS) is 24.2. The van der Waals surface area contributed by atoms with Gasteiger partial charge in [0.15, 0.2) is 5.82 Å². The fourth-order valence-electron chi connectivity index (χ4n) is 3.14. The fourth-order valence-corrected chi connectivity index (χ4v) is 3.14. The highest BCUT2D eigenvalue weighted by Gasteiger charge is 2.26. The van der Waals surface area contributed by atoms with Crippen molar-refractivity contribution in [3.8, 4) is 6.07 Å². The van der Waals surface area contributed by atoms with E-state index in [4.69, 9.17) is 9.78 Å². The SMILES string of the molecule is CCCC1CCC(c2noc(C(C)CCC#N)n2)CC1. The molecular weight excluding hydrogens is 250 g/mol. The van der Waals surface area contributed by atoms with Gasteiger partial charge in [0.25, 0.3) is 0 Å². The first-order valence-electron chi connectivity index (χ1n) is 7.95. The van der Waals surface area contributed by atoms with Gasteiger partial charge >= 0.3 is 0 Å². The second-order valence-corrected chi connectivity index (χ2v) is 6.09. The van der Waals surface area contributed by atoms with Crippen molar-refractivity contribution in [3.05, 3.63) is 11.7 Å². The van der Waals surface area contributed by atoms with E-state index < -0.39 is 0 Å². The highest BCUT2D eigenvalue weighted by atomic mass is 16.5. The third kappa shape index (κ3) is 3.82. The molecule has 4 nitrogen and oxygen atoms in total. The molecule has 0 spiro atoms. The summed E-state index contributed by atoms with van der Waals surface area (Å²) < 4.78 is 5.38. The summed E-state index contributed by atoms with van der Waals surface area (Å²) in [6.07, 6.45) is 8.96. The Kier molecular flexibility index (Phi) is 5.58. The highest BCUT2D eigenvalue weighted by molar-refractivity contribution is 5.00. The molecule has 20 heavy (non-hydrogen) atoms. The van der Waals surface area contributed by atoms with E-state index in [9.17, 15) is 0 Å². The van der Waals surface area contributed by atoms with Crippen LogP contribution in [-0.2, 0) is 0 Å². The van der Waals surface area contributed by atoms with Gasteiger partial charge in [0, 0.05) is 18.3 Å². The Labute approximate surface area is 121 Å². The lowest BCUT2D eigenvalue weighted by Gasteiger charge is -2.26. The molecule has 1 unspecified atom stereocenters. The molecule has 1 aliphatic rings. The first-order chi connectivity index (χ1) is 9.74. The molecule has 0 amide bonds. The predicted octanol–water partition coefficient (Wildman–Crippen LogP) is 4.55. The number of nitriles is 1. The third-order valence-corrected chi connectivity index (χ3v) is 4.48. The van der Waals surface area contributed by atoms with Gasteiger partial charge in [0.1, 0.15) is 0 Å². The number of hydrogen-bond donors (Lipinski definition) is 0. The van der Waals surface area contributed by atoms with Crippen molar-refractivity contribution < 1.29 is 4.52 Å².